The number of nitrogens with two attached hydrogens (primary N) is 1. The van der Waals surface area contributed by atoms with Gasteiger partial charge in [-0.2, -0.15) is 0 Å². The quantitative estimate of drug-likeness (QED) is 0.780. The van der Waals surface area contributed by atoms with E-state index in [9.17, 15) is 0 Å². The molecule has 0 saturated carbocycles. The van der Waals surface area contributed by atoms with E-state index in [4.69, 9.17) is 10.7 Å². The number of rotatable bonds is 2. The molecule has 0 aliphatic carbocycles. The van der Waals surface area contributed by atoms with Gasteiger partial charge in [-0.25, -0.2) is 9.98 Å². The van der Waals surface area contributed by atoms with Crippen molar-refractivity contribution in [1.82, 2.24) is 9.55 Å². The maximum absolute atomic E-state index is 6.31. The van der Waals surface area contributed by atoms with Gasteiger partial charge in [0, 0.05) is 30.7 Å². The van der Waals surface area contributed by atoms with Gasteiger partial charge in [0.15, 0.2) is 5.82 Å². The summed E-state index contributed by atoms with van der Waals surface area (Å²) in [6.07, 6.45) is 3.75. The van der Waals surface area contributed by atoms with Gasteiger partial charge in [-0.1, -0.05) is 6.07 Å². The van der Waals surface area contributed by atoms with Crippen LogP contribution < -0.4 is 5.73 Å². The molecule has 3 aromatic rings. The lowest BCUT2D eigenvalue weighted by Crippen LogP contribution is -2.22. The van der Waals surface area contributed by atoms with E-state index in [1.807, 2.05) is 42.1 Å². The number of fused-ring (bicyclic) bond motifs is 1. The van der Waals surface area contributed by atoms with Crippen LogP contribution in [0.5, 0.6) is 0 Å². The maximum atomic E-state index is 6.31. The number of amidine groups is 1. The lowest BCUT2D eigenvalue weighted by atomic mass is 10.0. The SMILES string of the molecule is Cc1ccnc2c1C(c1cccs1)=N[C@@H](c1cccn1C)C(N)=N2. The first-order valence-electron chi connectivity index (χ1n) is 7.68. The molecule has 120 valence electrons. The summed E-state index contributed by atoms with van der Waals surface area (Å²) in [7, 11) is 1.99. The molecule has 4 heterocycles. The van der Waals surface area contributed by atoms with E-state index in [1.54, 1.807) is 17.5 Å². The van der Waals surface area contributed by atoms with Crippen LogP contribution in [-0.2, 0) is 7.05 Å². The molecule has 0 aromatic carbocycles. The molecule has 3 aromatic heterocycles. The highest BCUT2D eigenvalue weighted by molar-refractivity contribution is 7.12. The highest BCUT2D eigenvalue weighted by Gasteiger charge is 2.26. The minimum atomic E-state index is -0.323. The van der Waals surface area contributed by atoms with E-state index < -0.39 is 0 Å². The van der Waals surface area contributed by atoms with Crippen LogP contribution in [0.1, 0.15) is 27.7 Å². The first-order valence-corrected chi connectivity index (χ1v) is 8.56. The van der Waals surface area contributed by atoms with E-state index in [1.165, 1.54) is 0 Å². The molecule has 0 saturated heterocycles. The van der Waals surface area contributed by atoms with Gasteiger partial charge in [0.1, 0.15) is 11.9 Å². The maximum Gasteiger partial charge on any atom is 0.163 e. The summed E-state index contributed by atoms with van der Waals surface area (Å²) in [6.45, 7) is 2.05. The fourth-order valence-electron chi connectivity index (χ4n) is 2.94. The molecule has 4 rings (SSSR count). The predicted molar refractivity (Wildman–Crippen MR) is 98.4 cm³/mol. The smallest absolute Gasteiger partial charge is 0.163 e. The van der Waals surface area contributed by atoms with Crippen molar-refractivity contribution in [2.45, 2.75) is 13.0 Å². The molecule has 6 heteroatoms. The van der Waals surface area contributed by atoms with E-state index in [0.29, 0.717) is 11.7 Å². The van der Waals surface area contributed by atoms with Crippen LogP contribution in [-0.4, -0.2) is 21.1 Å². The third kappa shape index (κ3) is 2.35. The largest absolute Gasteiger partial charge is 0.385 e. The molecule has 0 radical (unpaired) electrons. The third-order valence-corrected chi connectivity index (χ3v) is 5.04. The normalized spacial score (nSPS) is 17.0. The molecule has 1 aliphatic rings. The van der Waals surface area contributed by atoms with Crippen molar-refractivity contribution in [3.63, 3.8) is 0 Å². The van der Waals surface area contributed by atoms with Crippen molar-refractivity contribution >= 4 is 28.7 Å². The van der Waals surface area contributed by atoms with Crippen LogP contribution in [0.4, 0.5) is 5.82 Å². The van der Waals surface area contributed by atoms with Gasteiger partial charge in [0.25, 0.3) is 0 Å². The van der Waals surface area contributed by atoms with E-state index >= 15 is 0 Å². The molecule has 0 unspecified atom stereocenters. The number of aliphatic imine (C=N–C) groups is 2. The van der Waals surface area contributed by atoms with Crippen molar-refractivity contribution in [1.29, 1.82) is 0 Å². The topological polar surface area (TPSA) is 68.6 Å². The average Bonchev–Trinajstić information content (AvgIpc) is 3.19. The standard InChI is InChI=1S/C18H17N5S/c1-11-7-8-20-18-14(11)16(13-6-4-10-24-13)21-15(17(19)22-18)12-5-3-9-23(12)2/h3-10,15H,1-2H3,(H2,19,20,22)/t15-/m0/s1. The Morgan fingerprint density at radius 3 is 2.79 bits per heavy atom. The van der Waals surface area contributed by atoms with Gasteiger partial charge in [-0.3, -0.25) is 4.99 Å². The Hall–Kier alpha value is -2.73. The summed E-state index contributed by atoms with van der Waals surface area (Å²) in [4.78, 5) is 15.1. The second-order valence-corrected chi connectivity index (χ2v) is 6.71. The Bertz CT molecular complexity index is 950. The van der Waals surface area contributed by atoms with Crippen molar-refractivity contribution < 1.29 is 0 Å². The van der Waals surface area contributed by atoms with Crippen molar-refractivity contribution in [3.05, 3.63) is 69.8 Å². The minimum Gasteiger partial charge on any atom is -0.385 e. The first kappa shape index (κ1) is 14.8. The zero-order valence-electron chi connectivity index (χ0n) is 13.5. The predicted octanol–water partition coefficient (Wildman–Crippen LogP) is 3.37. The van der Waals surface area contributed by atoms with Crippen molar-refractivity contribution in [3.8, 4) is 0 Å². The van der Waals surface area contributed by atoms with Gasteiger partial charge in [0.2, 0.25) is 0 Å². The Kier molecular flexibility index (Phi) is 3.54. The average molecular weight is 335 g/mol. The Labute approximate surface area is 144 Å². The fourth-order valence-corrected chi connectivity index (χ4v) is 3.67. The second kappa shape index (κ2) is 5.72. The van der Waals surface area contributed by atoms with Crippen LogP contribution in [0, 0.1) is 6.92 Å². The second-order valence-electron chi connectivity index (χ2n) is 5.76. The number of aromatic nitrogens is 2. The summed E-state index contributed by atoms with van der Waals surface area (Å²) in [5, 5.41) is 2.05. The summed E-state index contributed by atoms with van der Waals surface area (Å²) in [6, 6.07) is 9.78. The molecular formula is C18H17N5S. The van der Waals surface area contributed by atoms with E-state index in [0.717, 1.165) is 27.4 Å². The van der Waals surface area contributed by atoms with Gasteiger partial charge in [-0.05, 0) is 42.1 Å². The summed E-state index contributed by atoms with van der Waals surface area (Å²) >= 11 is 1.66. The highest BCUT2D eigenvalue weighted by Crippen LogP contribution is 2.32. The summed E-state index contributed by atoms with van der Waals surface area (Å²) in [5.74, 6) is 1.10. The number of hydrogen-bond acceptors (Lipinski definition) is 5. The van der Waals surface area contributed by atoms with Gasteiger partial charge >= 0.3 is 0 Å². The van der Waals surface area contributed by atoms with Crippen molar-refractivity contribution in [2.24, 2.45) is 22.8 Å². The van der Waals surface area contributed by atoms with E-state index in [-0.39, 0.29) is 6.04 Å². The fraction of sp³-hybridized carbons (Fsp3) is 0.167. The molecular weight excluding hydrogens is 318 g/mol. The monoisotopic (exact) mass is 335 g/mol. The molecule has 24 heavy (non-hydrogen) atoms. The number of aryl methyl sites for hydroxylation is 2. The lowest BCUT2D eigenvalue weighted by Gasteiger charge is -2.13. The molecule has 5 nitrogen and oxygen atoms in total. The van der Waals surface area contributed by atoms with Gasteiger partial charge in [0.05, 0.1) is 10.6 Å². The highest BCUT2D eigenvalue weighted by atomic mass is 32.1. The number of hydrogen-bond donors (Lipinski definition) is 1. The van der Waals surface area contributed by atoms with Gasteiger partial charge < -0.3 is 10.3 Å². The number of thiophene rings is 1. The minimum absolute atomic E-state index is 0.323. The van der Waals surface area contributed by atoms with Crippen LogP contribution in [0.2, 0.25) is 0 Å². The molecule has 1 aliphatic heterocycles. The Morgan fingerprint density at radius 1 is 1.21 bits per heavy atom. The van der Waals surface area contributed by atoms with Crippen LogP contribution >= 0.6 is 11.3 Å². The zero-order valence-corrected chi connectivity index (χ0v) is 14.3. The molecule has 1 atom stereocenters. The first-order chi connectivity index (χ1) is 11.6. The van der Waals surface area contributed by atoms with Gasteiger partial charge in [-0.15, -0.1) is 11.3 Å². The Balaban J connectivity index is 2.00. The summed E-state index contributed by atoms with van der Waals surface area (Å²) < 4.78 is 2.03. The van der Waals surface area contributed by atoms with Crippen LogP contribution in [0.15, 0.2) is 58.1 Å². The number of pyridine rings is 1. The van der Waals surface area contributed by atoms with Crippen LogP contribution in [0.25, 0.3) is 0 Å². The van der Waals surface area contributed by atoms with Crippen LogP contribution in [0.3, 0.4) is 0 Å². The van der Waals surface area contributed by atoms with Crippen molar-refractivity contribution in [2.75, 3.05) is 0 Å². The molecule has 0 fully saturated rings. The number of nitrogens with zero attached hydrogens (tertiary/aromatic N) is 4. The van der Waals surface area contributed by atoms with E-state index in [2.05, 4.69) is 28.3 Å². The third-order valence-electron chi connectivity index (χ3n) is 4.17. The molecule has 0 amide bonds. The Morgan fingerprint density at radius 2 is 2.08 bits per heavy atom. The lowest BCUT2D eigenvalue weighted by molar-refractivity contribution is 0.786. The molecule has 0 bridgehead atoms. The summed E-state index contributed by atoms with van der Waals surface area (Å²) in [5.41, 5.74) is 10.3. The zero-order chi connectivity index (χ0) is 16.7. The molecule has 2 N–H and O–H groups in total. The molecule has 0 spiro atoms.